The number of piperidine rings is 1. The molecule has 3 aromatic rings. The zero-order chi connectivity index (χ0) is 30.1. The minimum absolute atomic E-state index is 0.201. The molecule has 0 bridgehead atoms. The van der Waals surface area contributed by atoms with Crippen molar-refractivity contribution < 1.29 is 14.3 Å². The van der Waals surface area contributed by atoms with Crippen LogP contribution in [-0.2, 0) is 16.8 Å². The lowest BCUT2D eigenvalue weighted by molar-refractivity contribution is 0.00579. The lowest BCUT2D eigenvalue weighted by Gasteiger charge is -2.53. The van der Waals surface area contributed by atoms with Crippen LogP contribution in [0, 0.1) is 12.0 Å². The fourth-order valence-corrected chi connectivity index (χ4v) is 5.85. The maximum absolute atomic E-state index is 12.4. The quantitative estimate of drug-likeness (QED) is 0.279. The Morgan fingerprint density at radius 1 is 1.02 bits per heavy atom. The number of benzene rings is 2. The molecular weight excluding hydrogens is 550 g/mol. The van der Waals surface area contributed by atoms with Gasteiger partial charge in [0, 0.05) is 48.2 Å². The lowest BCUT2D eigenvalue weighted by Crippen LogP contribution is -2.61. The molecule has 2 aliphatic rings. The van der Waals surface area contributed by atoms with Gasteiger partial charge in [-0.1, -0.05) is 43.6 Å². The minimum Gasteiger partial charge on any atom is -0.487 e. The van der Waals surface area contributed by atoms with Crippen molar-refractivity contribution in [3.63, 3.8) is 0 Å². The molecule has 0 unspecified atom stereocenters. The summed E-state index contributed by atoms with van der Waals surface area (Å²) in [5.41, 5.74) is 2.83. The number of carbonyl (C=O) groups is 1. The average molecular weight is 588 g/mol. The molecule has 2 aliphatic heterocycles. The third-order valence-corrected chi connectivity index (χ3v) is 8.43. The largest absolute Gasteiger partial charge is 0.487 e. The molecule has 0 saturated carbocycles. The van der Waals surface area contributed by atoms with Crippen molar-refractivity contribution in [3.05, 3.63) is 88.0 Å². The number of halogens is 1. The molecule has 1 spiro atoms. The number of rotatable bonds is 6. The van der Waals surface area contributed by atoms with Crippen molar-refractivity contribution in [3.8, 4) is 5.75 Å². The van der Waals surface area contributed by atoms with Gasteiger partial charge in [0.25, 0.3) is 0 Å². The number of nitrogens with zero attached hydrogens (tertiary/aromatic N) is 5. The zero-order valence-corrected chi connectivity index (χ0v) is 25.7. The molecule has 9 heteroatoms. The highest BCUT2D eigenvalue weighted by molar-refractivity contribution is 6.31. The molecule has 5 rings (SSSR count). The Morgan fingerprint density at radius 2 is 1.71 bits per heavy atom. The molecule has 3 heterocycles. The van der Waals surface area contributed by atoms with Crippen molar-refractivity contribution in [2.24, 2.45) is 5.41 Å². The van der Waals surface area contributed by atoms with Crippen LogP contribution in [0.15, 0.2) is 54.7 Å². The second-order valence-corrected chi connectivity index (χ2v) is 13.4. The summed E-state index contributed by atoms with van der Waals surface area (Å²) in [4.78, 5) is 29.3. The van der Waals surface area contributed by atoms with E-state index in [-0.39, 0.29) is 16.9 Å². The van der Waals surface area contributed by atoms with Crippen LogP contribution in [0.2, 0.25) is 5.02 Å². The van der Waals surface area contributed by atoms with Gasteiger partial charge in [0.05, 0.1) is 12.3 Å². The first-order valence-electron chi connectivity index (χ1n) is 14.3. The summed E-state index contributed by atoms with van der Waals surface area (Å²) in [5, 5.41) is 0.563. The van der Waals surface area contributed by atoms with Gasteiger partial charge in [-0.15, -0.1) is 0 Å². The van der Waals surface area contributed by atoms with E-state index in [0.29, 0.717) is 36.4 Å². The molecule has 42 heavy (non-hydrogen) atoms. The summed E-state index contributed by atoms with van der Waals surface area (Å²) in [6.07, 6.45) is 3.47. The fraction of sp³-hybridized carbons (Fsp3) is 0.455. The van der Waals surface area contributed by atoms with Gasteiger partial charge >= 0.3 is 6.09 Å². The lowest BCUT2D eigenvalue weighted by atomic mass is 9.72. The molecular formula is C33H38ClN5O3. The van der Waals surface area contributed by atoms with Gasteiger partial charge in [0.2, 0.25) is 5.95 Å². The monoisotopic (exact) mass is 587 g/mol. The van der Waals surface area contributed by atoms with E-state index in [9.17, 15) is 4.79 Å². The smallest absolute Gasteiger partial charge is 0.410 e. The van der Waals surface area contributed by atoms with Gasteiger partial charge in [-0.2, -0.15) is 0 Å². The molecule has 8 nitrogen and oxygen atoms in total. The Balaban J connectivity index is 1.14. The summed E-state index contributed by atoms with van der Waals surface area (Å²) in [6.45, 7) is 20.8. The molecule has 220 valence electrons. The number of ether oxygens (including phenoxy) is 2. The first-order chi connectivity index (χ1) is 19.9. The van der Waals surface area contributed by atoms with E-state index >= 15 is 0 Å². The van der Waals surface area contributed by atoms with Gasteiger partial charge in [-0.3, -0.25) is 0 Å². The molecule has 1 amide bonds. The van der Waals surface area contributed by atoms with Crippen molar-refractivity contribution >= 4 is 29.3 Å². The van der Waals surface area contributed by atoms with E-state index in [2.05, 4.69) is 28.6 Å². The average Bonchev–Trinajstić information content (AvgIpc) is 2.94. The van der Waals surface area contributed by atoms with Gasteiger partial charge in [0.15, 0.2) is 5.69 Å². The van der Waals surface area contributed by atoms with Gasteiger partial charge in [-0.05, 0) is 75.1 Å². The van der Waals surface area contributed by atoms with Crippen molar-refractivity contribution in [1.29, 1.82) is 0 Å². The third-order valence-electron chi connectivity index (χ3n) is 8.21. The molecule has 2 saturated heterocycles. The van der Waals surface area contributed by atoms with Gasteiger partial charge in [0.1, 0.15) is 18.0 Å². The summed E-state index contributed by atoms with van der Waals surface area (Å²) < 4.78 is 11.6. The highest BCUT2D eigenvalue weighted by atomic mass is 35.5. The van der Waals surface area contributed by atoms with E-state index in [1.807, 2.05) is 68.1 Å². The number of likely N-dealkylation sites (tertiary alicyclic amines) is 1. The maximum Gasteiger partial charge on any atom is 0.410 e. The van der Waals surface area contributed by atoms with E-state index < -0.39 is 5.60 Å². The number of aromatic nitrogens is 2. The molecule has 0 radical (unpaired) electrons. The predicted octanol–water partition coefficient (Wildman–Crippen LogP) is 7.42. The molecule has 0 atom stereocenters. The van der Waals surface area contributed by atoms with E-state index in [0.717, 1.165) is 48.5 Å². The second-order valence-electron chi connectivity index (χ2n) is 12.9. The van der Waals surface area contributed by atoms with Crippen molar-refractivity contribution in [1.82, 2.24) is 14.9 Å². The number of hydrogen-bond donors (Lipinski definition) is 0. The SMILES string of the molecule is [C-]#[N+]c1cc(Cl)cc(C(C)(C)c2ccc(OCc3ccnc(N4CC5(CCN(C(=O)OC(C)(C)C)CC5)C4)n3)cc2)c1. The third kappa shape index (κ3) is 6.63. The van der Waals surface area contributed by atoms with Crippen LogP contribution in [0.3, 0.4) is 0 Å². The first-order valence-corrected chi connectivity index (χ1v) is 14.7. The summed E-state index contributed by atoms with van der Waals surface area (Å²) >= 11 is 6.27. The number of carbonyl (C=O) groups excluding carboxylic acids is 1. The van der Waals surface area contributed by atoms with Crippen molar-refractivity contribution in [2.45, 2.75) is 65.1 Å². The van der Waals surface area contributed by atoms with E-state index in [1.54, 1.807) is 12.3 Å². The predicted molar refractivity (Wildman–Crippen MR) is 164 cm³/mol. The normalized spacial score (nSPS) is 16.5. The number of hydrogen-bond acceptors (Lipinski definition) is 6. The van der Waals surface area contributed by atoms with Crippen molar-refractivity contribution in [2.75, 3.05) is 31.1 Å². The molecule has 1 aromatic heterocycles. The van der Waals surface area contributed by atoms with Gasteiger partial charge in [-0.25, -0.2) is 19.6 Å². The topological polar surface area (TPSA) is 72.2 Å². The molecule has 0 aliphatic carbocycles. The Labute approximate surface area is 253 Å². The molecule has 2 aromatic carbocycles. The Bertz CT molecular complexity index is 1480. The molecule has 0 N–H and O–H groups in total. The Morgan fingerprint density at radius 3 is 2.36 bits per heavy atom. The summed E-state index contributed by atoms with van der Waals surface area (Å²) in [5.74, 6) is 1.47. The van der Waals surface area contributed by atoms with Crippen LogP contribution in [0.1, 0.15) is 64.3 Å². The standard InChI is InChI=1S/C33H38ClN5O3/c1-31(2,3)42-30(40)38-15-12-33(13-16-38)21-39(22-33)29-36-14-11-26(37-29)20-41-28-9-7-23(8-10-28)32(4,5)24-17-25(34)19-27(18-24)35-6/h7-11,14,17-19H,12-13,15-16,20-22H2,1-5H3. The summed E-state index contributed by atoms with van der Waals surface area (Å²) in [6, 6.07) is 15.4. The van der Waals surface area contributed by atoms with Crippen LogP contribution < -0.4 is 9.64 Å². The maximum atomic E-state index is 12.4. The Hall–Kier alpha value is -3.83. The zero-order valence-electron chi connectivity index (χ0n) is 25.0. The Kier molecular flexibility index (Phi) is 8.08. The first kappa shape index (κ1) is 29.7. The van der Waals surface area contributed by atoms with Crippen LogP contribution in [0.4, 0.5) is 16.4 Å². The van der Waals surface area contributed by atoms with Crippen LogP contribution in [0.25, 0.3) is 4.85 Å². The summed E-state index contributed by atoms with van der Waals surface area (Å²) in [7, 11) is 0. The highest BCUT2D eigenvalue weighted by Crippen LogP contribution is 2.42. The number of amides is 1. The van der Waals surface area contributed by atoms with E-state index in [4.69, 9.17) is 32.6 Å². The van der Waals surface area contributed by atoms with Gasteiger partial charge < -0.3 is 19.3 Å². The highest BCUT2D eigenvalue weighted by Gasteiger charge is 2.46. The number of anilines is 1. The fourth-order valence-electron chi connectivity index (χ4n) is 5.62. The minimum atomic E-state index is -0.478. The second kappa shape index (κ2) is 11.4. The molecule has 2 fully saturated rings. The van der Waals surface area contributed by atoms with Crippen LogP contribution in [-0.4, -0.2) is 52.7 Å². The van der Waals surface area contributed by atoms with E-state index in [1.165, 1.54) is 0 Å². The van der Waals surface area contributed by atoms with Crippen LogP contribution in [0.5, 0.6) is 5.75 Å². The van der Waals surface area contributed by atoms with Crippen LogP contribution >= 0.6 is 11.6 Å².